The minimum Gasteiger partial charge on any atom is -0.383 e. The van der Waals surface area contributed by atoms with Crippen molar-refractivity contribution >= 4 is 17.4 Å². The summed E-state index contributed by atoms with van der Waals surface area (Å²) >= 11 is 0. The Bertz CT molecular complexity index is 786. The molecule has 0 bridgehead atoms. The second kappa shape index (κ2) is 9.88. The van der Waals surface area contributed by atoms with Crippen molar-refractivity contribution in [2.24, 2.45) is 11.8 Å². The second-order valence-corrected chi connectivity index (χ2v) is 8.02. The lowest BCUT2D eigenvalue weighted by Gasteiger charge is -2.32. The molecule has 1 amide bonds. The van der Waals surface area contributed by atoms with Crippen LogP contribution in [0.1, 0.15) is 33.6 Å². The minimum absolute atomic E-state index is 0.0129. The van der Waals surface area contributed by atoms with Gasteiger partial charge in [-0.3, -0.25) is 24.0 Å². The molecular formula is C19H33N5O4. The standard InChI is InChI=1S/C19H33N5O4/c1-13(2)10-24-17(20)16(18(26)21-19(24)27)23(8-9-28-4)15(25)12-22-7-5-6-14(3)11-22/h13-14H,5-12,20H2,1-4H3,(H,21,26,27). The average Bonchev–Trinajstić information content (AvgIpc) is 2.61. The van der Waals surface area contributed by atoms with Crippen molar-refractivity contribution in [2.45, 2.75) is 40.2 Å². The van der Waals surface area contributed by atoms with Crippen LogP contribution in [0.3, 0.4) is 0 Å². The van der Waals surface area contributed by atoms with Crippen LogP contribution in [0.4, 0.5) is 11.5 Å². The van der Waals surface area contributed by atoms with Gasteiger partial charge < -0.3 is 15.4 Å². The number of hydrogen-bond acceptors (Lipinski definition) is 6. The lowest BCUT2D eigenvalue weighted by Crippen LogP contribution is -2.48. The normalized spacial score (nSPS) is 17.8. The first-order valence-electron chi connectivity index (χ1n) is 9.88. The molecule has 2 rings (SSSR count). The SMILES string of the molecule is COCCN(C(=O)CN1CCCC(C)C1)c1c(N)n(CC(C)C)c(=O)[nH]c1=O. The molecule has 0 spiro atoms. The molecule has 0 saturated carbocycles. The van der Waals surface area contributed by atoms with Gasteiger partial charge >= 0.3 is 5.69 Å². The number of aromatic nitrogens is 2. The summed E-state index contributed by atoms with van der Waals surface area (Å²) in [5.41, 5.74) is 4.99. The largest absolute Gasteiger partial charge is 0.383 e. The van der Waals surface area contributed by atoms with E-state index < -0.39 is 11.2 Å². The molecule has 9 heteroatoms. The van der Waals surface area contributed by atoms with Crippen LogP contribution in [0, 0.1) is 11.8 Å². The first-order valence-corrected chi connectivity index (χ1v) is 9.88. The van der Waals surface area contributed by atoms with Crippen molar-refractivity contribution in [3.63, 3.8) is 0 Å². The smallest absolute Gasteiger partial charge is 0.330 e. The van der Waals surface area contributed by atoms with Crippen molar-refractivity contribution in [2.75, 3.05) is 50.5 Å². The van der Waals surface area contributed by atoms with Gasteiger partial charge in [-0.25, -0.2) is 4.79 Å². The summed E-state index contributed by atoms with van der Waals surface area (Å²) in [5, 5.41) is 0. The molecule has 1 aliphatic heterocycles. The lowest BCUT2D eigenvalue weighted by atomic mass is 10.0. The molecule has 1 fully saturated rings. The van der Waals surface area contributed by atoms with Gasteiger partial charge in [0, 0.05) is 26.7 Å². The zero-order valence-electron chi connectivity index (χ0n) is 17.4. The maximum atomic E-state index is 13.1. The fourth-order valence-corrected chi connectivity index (χ4v) is 3.64. The van der Waals surface area contributed by atoms with E-state index in [-0.39, 0.29) is 43.0 Å². The number of methoxy groups -OCH3 is 1. The van der Waals surface area contributed by atoms with Gasteiger partial charge in [0.25, 0.3) is 5.56 Å². The molecule has 1 aromatic rings. The van der Waals surface area contributed by atoms with E-state index in [1.54, 1.807) is 0 Å². The zero-order chi connectivity index (χ0) is 20.8. The summed E-state index contributed by atoms with van der Waals surface area (Å²) in [6, 6.07) is 0. The number of nitrogens with two attached hydrogens (primary N) is 1. The number of ether oxygens (including phenoxy) is 1. The number of anilines is 2. The monoisotopic (exact) mass is 395 g/mol. The van der Waals surface area contributed by atoms with Crippen LogP contribution < -0.4 is 21.9 Å². The maximum Gasteiger partial charge on any atom is 0.330 e. The van der Waals surface area contributed by atoms with Gasteiger partial charge in [0.15, 0.2) is 5.69 Å². The minimum atomic E-state index is -0.654. The fourth-order valence-electron chi connectivity index (χ4n) is 3.64. The molecule has 9 nitrogen and oxygen atoms in total. The summed E-state index contributed by atoms with van der Waals surface area (Å²) in [4.78, 5) is 43.6. The Hall–Kier alpha value is -2.13. The number of nitrogens with one attached hydrogen (secondary N) is 1. The lowest BCUT2D eigenvalue weighted by molar-refractivity contribution is -0.120. The highest BCUT2D eigenvalue weighted by molar-refractivity contribution is 5.96. The average molecular weight is 396 g/mol. The van der Waals surface area contributed by atoms with Gasteiger partial charge in [-0.1, -0.05) is 20.8 Å². The van der Waals surface area contributed by atoms with Crippen LogP contribution in [0.2, 0.25) is 0 Å². The zero-order valence-corrected chi connectivity index (χ0v) is 17.4. The first kappa shape index (κ1) is 22.2. The summed E-state index contributed by atoms with van der Waals surface area (Å²) in [5.74, 6) is 0.476. The third kappa shape index (κ3) is 5.45. The van der Waals surface area contributed by atoms with Crippen molar-refractivity contribution in [1.29, 1.82) is 0 Å². The molecule has 28 heavy (non-hydrogen) atoms. The predicted molar refractivity (Wildman–Crippen MR) is 110 cm³/mol. The highest BCUT2D eigenvalue weighted by atomic mass is 16.5. The third-order valence-corrected chi connectivity index (χ3v) is 4.95. The number of hydrogen-bond donors (Lipinski definition) is 2. The van der Waals surface area contributed by atoms with E-state index in [0.29, 0.717) is 12.5 Å². The van der Waals surface area contributed by atoms with E-state index >= 15 is 0 Å². The Morgan fingerprint density at radius 2 is 2.11 bits per heavy atom. The van der Waals surface area contributed by atoms with Gasteiger partial charge in [0.05, 0.1) is 13.2 Å². The highest BCUT2D eigenvalue weighted by Gasteiger charge is 2.27. The quantitative estimate of drug-likeness (QED) is 0.662. The number of aromatic amines is 1. The molecule has 1 aliphatic rings. The molecule has 1 unspecified atom stereocenters. The Kier molecular flexibility index (Phi) is 7.82. The molecule has 1 aromatic heterocycles. The summed E-state index contributed by atoms with van der Waals surface area (Å²) in [7, 11) is 1.53. The van der Waals surface area contributed by atoms with E-state index in [1.807, 2.05) is 13.8 Å². The number of H-pyrrole nitrogens is 1. The number of likely N-dealkylation sites (tertiary alicyclic amines) is 1. The van der Waals surface area contributed by atoms with Crippen LogP contribution in [-0.2, 0) is 16.1 Å². The topological polar surface area (TPSA) is 114 Å². The number of nitrogen functional groups attached to an aromatic ring is 1. The Labute approximate surface area is 165 Å². The predicted octanol–water partition coefficient (Wildman–Crippen LogP) is 0.486. The van der Waals surface area contributed by atoms with Gasteiger partial charge in [-0.05, 0) is 31.2 Å². The van der Waals surface area contributed by atoms with Crippen molar-refractivity contribution in [1.82, 2.24) is 14.5 Å². The molecule has 3 N–H and O–H groups in total. The summed E-state index contributed by atoms with van der Waals surface area (Å²) in [6.45, 7) is 8.76. The fraction of sp³-hybridized carbons (Fsp3) is 0.737. The van der Waals surface area contributed by atoms with Crippen LogP contribution >= 0.6 is 0 Å². The number of rotatable bonds is 8. The Morgan fingerprint density at radius 1 is 1.39 bits per heavy atom. The number of amides is 1. The van der Waals surface area contributed by atoms with Crippen LogP contribution in [0.5, 0.6) is 0 Å². The van der Waals surface area contributed by atoms with Crippen molar-refractivity contribution in [3.8, 4) is 0 Å². The van der Waals surface area contributed by atoms with E-state index in [4.69, 9.17) is 10.5 Å². The Morgan fingerprint density at radius 3 is 2.71 bits per heavy atom. The number of carbonyl (C=O) groups excluding carboxylic acids is 1. The Balaban J connectivity index is 2.37. The molecular weight excluding hydrogens is 362 g/mol. The second-order valence-electron chi connectivity index (χ2n) is 8.02. The van der Waals surface area contributed by atoms with Crippen LogP contribution in [0.25, 0.3) is 0 Å². The maximum absolute atomic E-state index is 13.1. The number of carbonyl (C=O) groups is 1. The van der Waals surface area contributed by atoms with E-state index in [9.17, 15) is 14.4 Å². The molecule has 158 valence electrons. The molecule has 0 aromatic carbocycles. The molecule has 0 radical (unpaired) electrons. The number of piperidine rings is 1. The van der Waals surface area contributed by atoms with Gasteiger partial charge in [-0.2, -0.15) is 0 Å². The summed E-state index contributed by atoms with van der Waals surface area (Å²) in [6.07, 6.45) is 2.21. The number of nitrogens with zero attached hydrogens (tertiary/aromatic N) is 3. The van der Waals surface area contributed by atoms with E-state index in [1.165, 1.54) is 16.6 Å². The third-order valence-electron chi connectivity index (χ3n) is 4.95. The van der Waals surface area contributed by atoms with Gasteiger partial charge in [0.2, 0.25) is 5.91 Å². The van der Waals surface area contributed by atoms with Crippen molar-refractivity contribution < 1.29 is 9.53 Å². The van der Waals surface area contributed by atoms with Crippen LogP contribution in [-0.4, -0.2) is 60.3 Å². The first-order chi connectivity index (χ1) is 13.2. The molecule has 0 aliphatic carbocycles. The van der Waals surface area contributed by atoms with Gasteiger partial charge in [0.1, 0.15) is 5.82 Å². The molecule has 2 heterocycles. The van der Waals surface area contributed by atoms with Crippen molar-refractivity contribution in [3.05, 3.63) is 20.8 Å². The van der Waals surface area contributed by atoms with E-state index in [2.05, 4.69) is 16.8 Å². The van der Waals surface area contributed by atoms with Gasteiger partial charge in [-0.15, -0.1) is 0 Å². The van der Waals surface area contributed by atoms with Crippen LogP contribution in [0.15, 0.2) is 9.59 Å². The highest BCUT2D eigenvalue weighted by Crippen LogP contribution is 2.20. The molecule has 1 saturated heterocycles. The molecule has 1 atom stereocenters. The summed E-state index contributed by atoms with van der Waals surface area (Å²) < 4.78 is 6.44. The van der Waals surface area contributed by atoms with E-state index in [0.717, 1.165) is 25.9 Å².